The van der Waals surface area contributed by atoms with E-state index < -0.39 is 0 Å². The predicted molar refractivity (Wildman–Crippen MR) is 76.0 cm³/mol. The minimum Gasteiger partial charge on any atom is -0.304 e. The van der Waals surface area contributed by atoms with E-state index in [1.807, 2.05) is 0 Å². The van der Waals surface area contributed by atoms with E-state index in [-0.39, 0.29) is 10.6 Å². The zero-order valence-electron chi connectivity index (χ0n) is 10.9. The molecule has 16 heavy (non-hydrogen) atoms. The lowest BCUT2D eigenvalue weighted by Crippen LogP contribution is -2.48. The Bertz CT molecular complexity index is 340. The molecule has 1 atom stereocenters. The predicted octanol–water partition coefficient (Wildman–Crippen LogP) is 2.24. The van der Waals surface area contributed by atoms with Crippen molar-refractivity contribution < 1.29 is 0 Å². The third-order valence-electron chi connectivity index (χ3n) is 3.17. The topological polar surface area (TPSA) is 12.0 Å². The van der Waals surface area contributed by atoms with Gasteiger partial charge in [-0.25, -0.2) is 0 Å². The van der Waals surface area contributed by atoms with E-state index in [0.29, 0.717) is 0 Å². The van der Waals surface area contributed by atoms with Crippen LogP contribution in [-0.2, 0) is 5.54 Å². The molecule has 2 heteroatoms. The first kappa shape index (κ1) is 13.2. The van der Waals surface area contributed by atoms with Gasteiger partial charge in [-0.1, -0.05) is 57.2 Å². The molecule has 0 aromatic heterocycles. The molecule has 1 nitrogen and oxygen atoms in total. The molecule has 1 aromatic rings. The number of hydrogen-bond donors (Lipinski definition) is 1. The maximum Gasteiger partial charge on any atom is 0.0636 e. The van der Waals surface area contributed by atoms with E-state index >= 15 is 0 Å². The number of nitrogens with one attached hydrogen (secondary N) is 1. The van der Waals surface area contributed by atoms with Gasteiger partial charge in [0.25, 0.3) is 0 Å². The van der Waals surface area contributed by atoms with Gasteiger partial charge in [0.15, 0.2) is 0 Å². The summed E-state index contributed by atoms with van der Waals surface area (Å²) in [5.74, 6) is 0. The van der Waals surface area contributed by atoms with Crippen LogP contribution in [0, 0.1) is 0 Å². The van der Waals surface area contributed by atoms with E-state index in [4.69, 9.17) is 0 Å². The van der Waals surface area contributed by atoms with Gasteiger partial charge in [0.2, 0.25) is 0 Å². The summed E-state index contributed by atoms with van der Waals surface area (Å²) < 4.78 is 0. The van der Waals surface area contributed by atoms with Gasteiger partial charge in [0, 0.05) is 10.2 Å². The number of benzene rings is 1. The highest BCUT2D eigenvalue weighted by Gasteiger charge is 2.39. The lowest BCUT2D eigenvalue weighted by molar-refractivity contribution is 0.331. The minimum atomic E-state index is -0.102. The van der Waals surface area contributed by atoms with Gasteiger partial charge in [0.1, 0.15) is 0 Å². The second-order valence-corrected chi connectivity index (χ2v) is 7.66. The summed E-state index contributed by atoms with van der Waals surface area (Å²) in [4.78, 5) is 0. The van der Waals surface area contributed by atoms with Crippen LogP contribution in [0.25, 0.3) is 0 Å². The van der Waals surface area contributed by atoms with Gasteiger partial charge in [-0.2, -0.15) is 0 Å². The van der Waals surface area contributed by atoms with Crippen molar-refractivity contribution in [2.45, 2.75) is 31.3 Å². The summed E-state index contributed by atoms with van der Waals surface area (Å²) in [6.07, 6.45) is 2.07. The monoisotopic (exact) mass is 233 g/mol. The standard InChI is InChI=1S/C14H23NSi/c1-5-14(15-6-2,13(3,4)16)12-10-8-7-9-11-12/h5,7-11,15H,1,6H2,2-4,16H3. The quantitative estimate of drug-likeness (QED) is 0.607. The first-order valence-electron chi connectivity index (χ1n) is 5.92. The SMILES string of the molecule is C=CC(NCC)(c1ccccc1)C(C)(C)[SiH3]. The zero-order valence-corrected chi connectivity index (χ0v) is 12.9. The molecule has 0 saturated heterocycles. The van der Waals surface area contributed by atoms with E-state index in [1.165, 1.54) is 5.56 Å². The molecule has 1 rings (SSSR count). The molecule has 0 heterocycles. The number of likely N-dealkylation sites (N-methyl/N-ethyl adjacent to an activating group) is 1. The fourth-order valence-corrected chi connectivity index (χ4v) is 2.95. The van der Waals surface area contributed by atoms with Crippen molar-refractivity contribution in [3.8, 4) is 0 Å². The van der Waals surface area contributed by atoms with Crippen LogP contribution in [0.2, 0.25) is 5.04 Å². The van der Waals surface area contributed by atoms with Crippen LogP contribution in [0.5, 0.6) is 0 Å². The van der Waals surface area contributed by atoms with Crippen LogP contribution in [0.15, 0.2) is 43.0 Å². The van der Waals surface area contributed by atoms with Gasteiger partial charge in [-0.15, -0.1) is 6.58 Å². The van der Waals surface area contributed by atoms with Crippen LogP contribution in [0.1, 0.15) is 26.3 Å². The molecule has 0 aliphatic carbocycles. The lowest BCUT2D eigenvalue weighted by Gasteiger charge is -2.44. The molecular weight excluding hydrogens is 210 g/mol. The van der Waals surface area contributed by atoms with Crippen molar-refractivity contribution in [1.29, 1.82) is 0 Å². The Morgan fingerprint density at radius 2 is 1.88 bits per heavy atom. The van der Waals surface area contributed by atoms with Gasteiger partial charge in [-0.3, -0.25) is 0 Å². The Hall–Kier alpha value is -0.863. The highest BCUT2D eigenvalue weighted by atomic mass is 28.1. The smallest absolute Gasteiger partial charge is 0.0636 e. The molecule has 0 aliphatic rings. The maximum absolute atomic E-state index is 4.05. The second kappa shape index (κ2) is 4.98. The van der Waals surface area contributed by atoms with Crippen LogP contribution in [-0.4, -0.2) is 16.8 Å². The molecule has 0 bridgehead atoms. The molecule has 0 aliphatic heterocycles. The van der Waals surface area contributed by atoms with E-state index in [1.54, 1.807) is 0 Å². The van der Waals surface area contributed by atoms with Gasteiger partial charge in [0.05, 0.1) is 5.54 Å². The largest absolute Gasteiger partial charge is 0.304 e. The Morgan fingerprint density at radius 1 is 1.31 bits per heavy atom. The molecule has 88 valence electrons. The fourth-order valence-electron chi connectivity index (χ4n) is 2.28. The first-order chi connectivity index (χ1) is 7.48. The maximum atomic E-state index is 4.05. The van der Waals surface area contributed by atoms with Crippen LogP contribution < -0.4 is 5.32 Å². The Kier molecular flexibility index (Phi) is 4.11. The number of hydrogen-bond acceptors (Lipinski definition) is 1. The van der Waals surface area contributed by atoms with E-state index in [9.17, 15) is 0 Å². The summed E-state index contributed by atoms with van der Waals surface area (Å²) in [7, 11) is 1.11. The molecule has 0 saturated carbocycles. The molecule has 0 radical (unpaired) electrons. The third-order valence-corrected chi connectivity index (χ3v) is 3.96. The normalized spacial score (nSPS) is 15.7. The van der Waals surface area contributed by atoms with Crippen LogP contribution in [0.4, 0.5) is 0 Å². The van der Waals surface area contributed by atoms with Gasteiger partial charge in [-0.05, 0) is 17.1 Å². The summed E-state index contributed by atoms with van der Waals surface area (Å²) in [5, 5.41) is 3.85. The molecule has 1 unspecified atom stereocenters. The Labute approximate surface area is 102 Å². The Balaban J connectivity index is 3.29. The van der Waals surface area contributed by atoms with Crippen molar-refractivity contribution >= 4 is 10.2 Å². The van der Waals surface area contributed by atoms with Crippen molar-refractivity contribution in [3.05, 3.63) is 48.6 Å². The summed E-state index contributed by atoms with van der Waals surface area (Å²) in [6, 6.07) is 10.6. The van der Waals surface area contributed by atoms with Gasteiger partial charge >= 0.3 is 0 Å². The van der Waals surface area contributed by atoms with Crippen molar-refractivity contribution in [3.63, 3.8) is 0 Å². The first-order valence-corrected chi connectivity index (χ1v) is 6.92. The summed E-state index contributed by atoms with van der Waals surface area (Å²) in [6.45, 7) is 11.8. The average molecular weight is 233 g/mol. The fraction of sp³-hybridized carbons (Fsp3) is 0.429. The zero-order chi connectivity index (χ0) is 12.2. The Morgan fingerprint density at radius 3 is 2.25 bits per heavy atom. The molecule has 0 spiro atoms. The van der Waals surface area contributed by atoms with E-state index in [2.05, 4.69) is 69.1 Å². The van der Waals surface area contributed by atoms with Crippen molar-refractivity contribution in [2.75, 3.05) is 6.54 Å². The van der Waals surface area contributed by atoms with Crippen LogP contribution >= 0.6 is 0 Å². The summed E-state index contributed by atoms with van der Waals surface area (Å²) in [5.41, 5.74) is 1.21. The third kappa shape index (κ3) is 2.28. The molecule has 0 amide bonds. The van der Waals surface area contributed by atoms with Gasteiger partial charge < -0.3 is 5.32 Å². The second-order valence-electron chi connectivity index (χ2n) is 5.16. The molecule has 1 aromatic carbocycles. The highest BCUT2D eigenvalue weighted by Crippen LogP contribution is 2.43. The minimum absolute atomic E-state index is 0.102. The van der Waals surface area contributed by atoms with E-state index in [0.717, 1.165) is 16.8 Å². The van der Waals surface area contributed by atoms with Crippen LogP contribution in [0.3, 0.4) is 0 Å². The summed E-state index contributed by atoms with van der Waals surface area (Å²) >= 11 is 0. The lowest BCUT2D eigenvalue weighted by atomic mass is 9.79. The molecular formula is C14H23NSi. The highest BCUT2D eigenvalue weighted by molar-refractivity contribution is 6.16. The van der Waals surface area contributed by atoms with Crippen molar-refractivity contribution in [1.82, 2.24) is 5.32 Å². The molecule has 0 fully saturated rings. The van der Waals surface area contributed by atoms with Crippen molar-refractivity contribution in [2.24, 2.45) is 0 Å². The number of rotatable bonds is 5. The average Bonchev–Trinajstić information content (AvgIpc) is 2.25. The molecule has 1 N–H and O–H groups in total.